The number of nitrogens with zero attached hydrogens (tertiary/aromatic N) is 4. The number of sulfonamides is 1. The summed E-state index contributed by atoms with van der Waals surface area (Å²) >= 11 is 0. The van der Waals surface area contributed by atoms with Crippen molar-refractivity contribution in [1.29, 1.82) is 0 Å². The Morgan fingerprint density at radius 1 is 1.14 bits per heavy atom. The zero-order valence-corrected chi connectivity index (χ0v) is 14.3. The number of rotatable bonds is 5. The zero-order valence-electron chi connectivity index (χ0n) is 13.5. The highest BCUT2D eigenvalue weighted by Gasteiger charge is 2.27. The minimum Gasteiger partial charge on any atom is -0.271 e. The summed E-state index contributed by atoms with van der Waals surface area (Å²) in [6.07, 6.45) is 1.12. The van der Waals surface area contributed by atoms with Crippen LogP contribution in [0.4, 0.5) is 5.95 Å². The van der Waals surface area contributed by atoms with E-state index in [4.69, 9.17) is 0 Å². The molecule has 2 aromatic heterocycles. The quantitative estimate of drug-likeness (QED) is 0.905. The fourth-order valence-corrected chi connectivity index (χ4v) is 3.99. The summed E-state index contributed by atoms with van der Waals surface area (Å²) in [5, 5.41) is 4.30. The lowest BCUT2D eigenvalue weighted by atomic mass is 10.2. The molecular formula is C14H21N5O2S. The third kappa shape index (κ3) is 3.11. The Hall–Kier alpha value is -1.96. The largest absolute Gasteiger partial charge is 0.271 e. The first-order valence-corrected chi connectivity index (χ1v) is 8.66. The number of aryl methyl sites for hydroxylation is 4. The van der Waals surface area contributed by atoms with E-state index in [-0.39, 0.29) is 10.8 Å². The predicted octanol–water partition coefficient (Wildman–Crippen LogP) is 1.75. The number of hydrogen-bond acceptors (Lipinski definition) is 5. The molecule has 2 aromatic rings. The van der Waals surface area contributed by atoms with Crippen molar-refractivity contribution >= 4 is 16.0 Å². The standard InChI is InChI=1S/C14H21N5O2S/c1-6-11-13(12(7-2)19(5)17-11)22(20,21)18-14-15-9(3)8-10(4)16-14/h8H,6-7H2,1-5H3,(H,15,16,18). The zero-order chi connectivity index (χ0) is 16.5. The summed E-state index contributed by atoms with van der Waals surface area (Å²) in [7, 11) is -2.02. The van der Waals surface area contributed by atoms with Crippen LogP contribution in [-0.4, -0.2) is 28.2 Å². The number of aromatic nitrogens is 4. The van der Waals surface area contributed by atoms with Gasteiger partial charge in [0.15, 0.2) is 0 Å². The molecule has 1 N–H and O–H groups in total. The Bertz CT molecular complexity index is 776. The number of anilines is 1. The Labute approximate surface area is 130 Å². The van der Waals surface area contributed by atoms with Crippen LogP contribution in [0.15, 0.2) is 11.0 Å². The monoisotopic (exact) mass is 323 g/mol. The summed E-state index contributed by atoms with van der Waals surface area (Å²) in [5.41, 5.74) is 2.65. The lowest BCUT2D eigenvalue weighted by Crippen LogP contribution is -2.18. The van der Waals surface area contributed by atoms with E-state index in [1.807, 2.05) is 13.8 Å². The molecule has 8 heteroatoms. The van der Waals surface area contributed by atoms with Crippen molar-refractivity contribution in [3.63, 3.8) is 0 Å². The minimum atomic E-state index is -3.77. The van der Waals surface area contributed by atoms with Crippen LogP contribution in [0.25, 0.3) is 0 Å². The third-order valence-electron chi connectivity index (χ3n) is 3.33. The van der Waals surface area contributed by atoms with E-state index in [0.717, 1.165) is 0 Å². The molecule has 7 nitrogen and oxygen atoms in total. The SMILES string of the molecule is CCc1nn(C)c(CC)c1S(=O)(=O)Nc1nc(C)cc(C)n1. The summed E-state index contributed by atoms with van der Waals surface area (Å²) in [5.74, 6) is 0.0884. The maximum Gasteiger partial charge on any atom is 0.267 e. The summed E-state index contributed by atoms with van der Waals surface area (Å²) in [4.78, 5) is 8.51. The van der Waals surface area contributed by atoms with Crippen molar-refractivity contribution in [3.8, 4) is 0 Å². The Morgan fingerprint density at radius 3 is 2.23 bits per heavy atom. The van der Waals surface area contributed by atoms with Crippen molar-refractivity contribution in [3.05, 3.63) is 28.8 Å². The van der Waals surface area contributed by atoms with Crippen LogP contribution < -0.4 is 4.72 Å². The maximum atomic E-state index is 12.8. The van der Waals surface area contributed by atoms with Gasteiger partial charge in [0.1, 0.15) is 4.90 Å². The van der Waals surface area contributed by atoms with Gasteiger partial charge in [0.25, 0.3) is 10.0 Å². The molecule has 22 heavy (non-hydrogen) atoms. The first-order valence-electron chi connectivity index (χ1n) is 7.18. The van der Waals surface area contributed by atoms with Gasteiger partial charge in [-0.25, -0.2) is 23.1 Å². The van der Waals surface area contributed by atoms with Crippen LogP contribution >= 0.6 is 0 Å². The fraction of sp³-hybridized carbons (Fsp3) is 0.500. The molecule has 0 aliphatic rings. The van der Waals surface area contributed by atoms with Crippen LogP contribution in [0.2, 0.25) is 0 Å². The number of nitrogens with one attached hydrogen (secondary N) is 1. The predicted molar refractivity (Wildman–Crippen MR) is 84.3 cm³/mol. The van der Waals surface area contributed by atoms with Gasteiger partial charge in [-0.1, -0.05) is 13.8 Å². The van der Waals surface area contributed by atoms with Gasteiger partial charge in [0.2, 0.25) is 5.95 Å². The van der Waals surface area contributed by atoms with E-state index < -0.39 is 10.0 Å². The molecule has 0 fully saturated rings. The molecule has 0 atom stereocenters. The highest BCUT2D eigenvalue weighted by molar-refractivity contribution is 7.92. The Kier molecular flexibility index (Phi) is 4.50. The van der Waals surface area contributed by atoms with E-state index in [2.05, 4.69) is 19.8 Å². The van der Waals surface area contributed by atoms with Crippen molar-refractivity contribution in [1.82, 2.24) is 19.7 Å². The Morgan fingerprint density at radius 2 is 1.73 bits per heavy atom. The summed E-state index contributed by atoms with van der Waals surface area (Å²) in [6.45, 7) is 7.38. The average molecular weight is 323 g/mol. The van der Waals surface area contributed by atoms with Gasteiger partial charge in [-0.3, -0.25) is 4.68 Å². The molecule has 0 aliphatic carbocycles. The molecule has 0 spiro atoms. The molecule has 0 aromatic carbocycles. The average Bonchev–Trinajstić information content (AvgIpc) is 2.73. The molecule has 0 bridgehead atoms. The van der Waals surface area contributed by atoms with Crippen LogP contribution in [0, 0.1) is 13.8 Å². The van der Waals surface area contributed by atoms with Crippen LogP contribution in [-0.2, 0) is 29.9 Å². The second kappa shape index (κ2) is 6.04. The van der Waals surface area contributed by atoms with Gasteiger partial charge in [-0.2, -0.15) is 5.10 Å². The first-order chi connectivity index (χ1) is 10.3. The molecule has 0 saturated heterocycles. The highest BCUT2D eigenvalue weighted by Crippen LogP contribution is 2.23. The van der Waals surface area contributed by atoms with Crippen LogP contribution in [0.3, 0.4) is 0 Å². The second-order valence-corrected chi connectivity index (χ2v) is 6.75. The molecule has 120 valence electrons. The lowest BCUT2D eigenvalue weighted by molar-refractivity contribution is 0.598. The van der Waals surface area contributed by atoms with E-state index in [9.17, 15) is 8.42 Å². The Balaban J connectivity index is 2.51. The number of hydrogen-bond donors (Lipinski definition) is 1. The van der Waals surface area contributed by atoms with Crippen molar-refractivity contribution in [2.24, 2.45) is 7.05 Å². The van der Waals surface area contributed by atoms with Crippen molar-refractivity contribution < 1.29 is 8.42 Å². The van der Waals surface area contributed by atoms with Crippen molar-refractivity contribution in [2.75, 3.05) is 4.72 Å². The summed E-state index contributed by atoms with van der Waals surface area (Å²) < 4.78 is 29.6. The molecule has 2 rings (SSSR count). The van der Waals surface area contributed by atoms with Gasteiger partial charge >= 0.3 is 0 Å². The normalized spacial score (nSPS) is 11.7. The van der Waals surface area contributed by atoms with E-state index in [1.165, 1.54) is 0 Å². The third-order valence-corrected chi connectivity index (χ3v) is 4.79. The van der Waals surface area contributed by atoms with E-state index in [1.54, 1.807) is 31.6 Å². The van der Waals surface area contributed by atoms with Gasteiger partial charge in [-0.05, 0) is 32.8 Å². The smallest absolute Gasteiger partial charge is 0.267 e. The minimum absolute atomic E-state index is 0.0884. The molecule has 2 heterocycles. The van der Waals surface area contributed by atoms with Gasteiger partial charge in [0.05, 0.1) is 11.4 Å². The molecule has 0 radical (unpaired) electrons. The second-order valence-electron chi connectivity index (χ2n) is 5.13. The van der Waals surface area contributed by atoms with Crippen LogP contribution in [0.1, 0.15) is 36.6 Å². The van der Waals surface area contributed by atoms with Gasteiger partial charge in [-0.15, -0.1) is 0 Å². The topological polar surface area (TPSA) is 89.8 Å². The fourth-order valence-electron chi connectivity index (χ4n) is 2.47. The molecule has 0 aliphatic heterocycles. The molecule has 0 amide bonds. The molecule has 0 unspecified atom stereocenters. The lowest BCUT2D eigenvalue weighted by Gasteiger charge is -2.09. The summed E-state index contributed by atoms with van der Waals surface area (Å²) in [6, 6.07) is 1.79. The van der Waals surface area contributed by atoms with Crippen LogP contribution in [0.5, 0.6) is 0 Å². The van der Waals surface area contributed by atoms with Gasteiger partial charge < -0.3 is 0 Å². The van der Waals surface area contributed by atoms with E-state index >= 15 is 0 Å². The molecular weight excluding hydrogens is 302 g/mol. The van der Waals surface area contributed by atoms with Crippen molar-refractivity contribution in [2.45, 2.75) is 45.4 Å². The first kappa shape index (κ1) is 16.4. The highest BCUT2D eigenvalue weighted by atomic mass is 32.2. The molecule has 0 saturated carbocycles. The van der Waals surface area contributed by atoms with E-state index in [0.29, 0.717) is 35.6 Å². The maximum absolute atomic E-state index is 12.8. The van der Waals surface area contributed by atoms with Gasteiger partial charge in [0, 0.05) is 18.4 Å².